The second-order valence-corrected chi connectivity index (χ2v) is 13.1. The highest BCUT2D eigenvalue weighted by atomic mass is 31.2. The summed E-state index contributed by atoms with van der Waals surface area (Å²) in [4.78, 5) is 13.6. The van der Waals surface area contributed by atoms with Crippen LogP contribution < -0.4 is 5.32 Å². The number of aryl methyl sites for hydroxylation is 3. The largest absolute Gasteiger partial charge is 0.322 e. The zero-order valence-electron chi connectivity index (χ0n) is 16.6. The van der Waals surface area contributed by atoms with Crippen LogP contribution in [0.25, 0.3) is 0 Å². The second kappa shape index (κ2) is 7.39. The number of carbonyl (C=O) groups excluding carboxylic acids is 1. The fraction of sp³-hybridized carbons (Fsp3) is 0.682. The summed E-state index contributed by atoms with van der Waals surface area (Å²) in [6.07, 6.45) is 12.9. The summed E-state index contributed by atoms with van der Waals surface area (Å²) in [5.41, 5.74) is 4.73. The van der Waals surface area contributed by atoms with Gasteiger partial charge in [0.25, 0.3) is 5.91 Å². The van der Waals surface area contributed by atoms with Crippen molar-refractivity contribution in [3.8, 4) is 0 Å². The Kier molecular flexibility index (Phi) is 5.59. The van der Waals surface area contributed by atoms with Crippen LogP contribution in [0.4, 0.5) is 5.69 Å². The van der Waals surface area contributed by atoms with Crippen molar-refractivity contribution in [2.45, 2.75) is 77.8 Å². The highest BCUT2D eigenvalue weighted by molar-refractivity contribution is 7.78. The summed E-state index contributed by atoms with van der Waals surface area (Å²) < 4.78 is 0. The van der Waals surface area contributed by atoms with E-state index < -0.39 is 7.26 Å². The lowest BCUT2D eigenvalue weighted by atomic mass is 9.83. The first kappa shape index (κ1) is 18.9. The van der Waals surface area contributed by atoms with Gasteiger partial charge in [-0.15, -0.1) is 0 Å². The fourth-order valence-electron chi connectivity index (χ4n) is 5.38. The molecule has 0 atom stereocenters. The number of hydrogen-bond donors (Lipinski definition) is 1. The maximum absolute atomic E-state index is 13.6. The van der Waals surface area contributed by atoms with Crippen molar-refractivity contribution in [2.75, 3.05) is 23.8 Å². The van der Waals surface area contributed by atoms with Gasteiger partial charge >= 0.3 is 0 Å². The van der Waals surface area contributed by atoms with Gasteiger partial charge in [-0.3, -0.25) is 4.79 Å². The first-order valence-corrected chi connectivity index (χ1v) is 12.5. The second-order valence-electron chi connectivity index (χ2n) is 8.44. The van der Waals surface area contributed by atoms with Crippen molar-refractivity contribution < 1.29 is 4.79 Å². The van der Waals surface area contributed by atoms with Crippen molar-refractivity contribution in [2.24, 2.45) is 0 Å². The molecule has 25 heavy (non-hydrogen) atoms. The quantitative estimate of drug-likeness (QED) is 0.647. The van der Waals surface area contributed by atoms with Crippen LogP contribution in [-0.2, 0) is 4.79 Å². The Morgan fingerprint density at radius 2 is 1.56 bits per heavy atom. The number of rotatable bonds is 4. The average Bonchev–Trinajstić information content (AvgIpc) is 2.76. The summed E-state index contributed by atoms with van der Waals surface area (Å²) in [6.45, 7) is 8.75. The summed E-state index contributed by atoms with van der Waals surface area (Å²) in [7, 11) is -1.19. The zero-order valence-corrected chi connectivity index (χ0v) is 17.5. The van der Waals surface area contributed by atoms with Crippen LogP contribution in [0.15, 0.2) is 12.1 Å². The molecule has 1 aromatic rings. The summed E-state index contributed by atoms with van der Waals surface area (Å²) in [6, 6.07) is 4.37. The lowest BCUT2D eigenvalue weighted by Gasteiger charge is -2.49. The Hall–Kier alpha value is -0.880. The van der Waals surface area contributed by atoms with Crippen LogP contribution in [0.3, 0.4) is 0 Å². The number of amides is 1. The molecule has 0 spiro atoms. The predicted octanol–water partition coefficient (Wildman–Crippen LogP) is 6.08. The first-order valence-electron chi connectivity index (χ1n) is 10.2. The molecule has 0 aromatic heterocycles. The molecule has 0 unspecified atom stereocenters. The topological polar surface area (TPSA) is 29.1 Å². The molecule has 1 saturated heterocycles. The molecule has 1 N–H and O–H groups in total. The molecule has 138 valence electrons. The molecule has 1 saturated carbocycles. The Morgan fingerprint density at radius 1 is 1.00 bits per heavy atom. The third-order valence-corrected chi connectivity index (χ3v) is 13.0. The van der Waals surface area contributed by atoms with Crippen LogP contribution in [-0.4, -0.2) is 29.5 Å². The monoisotopic (exact) mass is 360 g/mol. The molecule has 2 fully saturated rings. The molecule has 1 amide bonds. The van der Waals surface area contributed by atoms with E-state index in [9.17, 15) is 4.79 Å². The van der Waals surface area contributed by atoms with Crippen molar-refractivity contribution >= 4 is 18.9 Å². The van der Waals surface area contributed by atoms with Gasteiger partial charge in [0.05, 0.1) is 18.5 Å². The summed E-state index contributed by atoms with van der Waals surface area (Å²) in [5.74, 6) is 0.353. The molecule has 1 aromatic carbocycles. The molecule has 2 nitrogen and oxygen atoms in total. The Balaban J connectivity index is 1.91. The minimum atomic E-state index is -1.19. The van der Waals surface area contributed by atoms with Crippen molar-refractivity contribution in [3.63, 3.8) is 0 Å². The summed E-state index contributed by atoms with van der Waals surface area (Å²) in [5, 5.41) is 3.40. The van der Waals surface area contributed by atoms with Gasteiger partial charge in [-0.2, -0.15) is 0 Å². The summed E-state index contributed by atoms with van der Waals surface area (Å²) >= 11 is 0. The normalized spacial score (nSPS) is 21.9. The van der Waals surface area contributed by atoms with E-state index in [0.29, 0.717) is 5.91 Å². The zero-order chi connectivity index (χ0) is 18.1. The molecular weight excluding hydrogens is 325 g/mol. The van der Waals surface area contributed by atoms with Gasteiger partial charge in [0, 0.05) is 12.9 Å². The van der Waals surface area contributed by atoms with Gasteiger partial charge in [-0.25, -0.2) is 0 Å². The third-order valence-electron chi connectivity index (χ3n) is 6.95. The predicted molar refractivity (Wildman–Crippen MR) is 112 cm³/mol. The minimum Gasteiger partial charge on any atom is -0.322 e. The molecule has 1 aliphatic carbocycles. The van der Waals surface area contributed by atoms with Gasteiger partial charge in [-0.1, -0.05) is 17.7 Å². The van der Waals surface area contributed by atoms with Crippen LogP contribution >= 0.6 is 7.26 Å². The van der Waals surface area contributed by atoms with E-state index in [1.165, 1.54) is 67.3 Å². The number of benzene rings is 1. The van der Waals surface area contributed by atoms with E-state index in [4.69, 9.17) is 0 Å². The van der Waals surface area contributed by atoms with E-state index in [2.05, 4.69) is 45.1 Å². The van der Waals surface area contributed by atoms with Gasteiger partial charge in [0.1, 0.15) is 0 Å². The van der Waals surface area contributed by atoms with E-state index in [1.54, 1.807) is 0 Å². The van der Waals surface area contributed by atoms with Gasteiger partial charge < -0.3 is 5.32 Å². The van der Waals surface area contributed by atoms with Crippen LogP contribution in [0.1, 0.15) is 68.6 Å². The Bertz CT molecular complexity index is 616. The van der Waals surface area contributed by atoms with Gasteiger partial charge in [0.2, 0.25) is 0 Å². The molecule has 2 aliphatic rings. The van der Waals surface area contributed by atoms with Gasteiger partial charge in [0.15, 0.2) is 5.16 Å². The average molecular weight is 361 g/mol. The van der Waals surface area contributed by atoms with Crippen LogP contribution in [0.5, 0.6) is 0 Å². The Labute approximate surface area is 154 Å². The molecule has 0 radical (unpaired) electrons. The minimum absolute atomic E-state index is 0.0180. The number of nitrogens with one attached hydrogen (secondary N) is 1. The highest BCUT2D eigenvalue weighted by Crippen LogP contribution is 2.76. The molecule has 3 heteroatoms. The first-order chi connectivity index (χ1) is 11.9. The fourth-order valence-corrected chi connectivity index (χ4v) is 11.1. The maximum Gasteiger partial charge on any atom is 0.268 e. The highest BCUT2D eigenvalue weighted by Gasteiger charge is 2.64. The van der Waals surface area contributed by atoms with E-state index >= 15 is 0 Å². The SMILES string of the molecule is CC[P+]1(C2(C(=O)Nc3c(C)cc(C)cc3C)CCC2)CCCCCC1. The third kappa shape index (κ3) is 3.27. The number of hydrogen-bond acceptors (Lipinski definition) is 1. The number of carbonyl (C=O) groups is 1. The van der Waals surface area contributed by atoms with E-state index in [0.717, 1.165) is 18.5 Å². The van der Waals surface area contributed by atoms with Crippen molar-refractivity contribution in [1.82, 2.24) is 0 Å². The molecule has 1 aliphatic heterocycles. The smallest absolute Gasteiger partial charge is 0.268 e. The number of anilines is 1. The van der Waals surface area contributed by atoms with Gasteiger partial charge in [-0.05, 0) is 83.8 Å². The Morgan fingerprint density at radius 3 is 2.00 bits per heavy atom. The molecule has 0 bridgehead atoms. The van der Waals surface area contributed by atoms with Crippen molar-refractivity contribution in [1.29, 1.82) is 0 Å². The standard InChI is InChI=1S/C22H34NOP/c1-5-25(13-8-6-7-9-14-25)22(11-10-12-22)21(24)23-20-18(3)15-17(2)16-19(20)4/h15-16H,5-14H2,1-4H3/p+1. The van der Waals surface area contributed by atoms with E-state index in [-0.39, 0.29) is 5.16 Å². The van der Waals surface area contributed by atoms with Crippen LogP contribution in [0.2, 0.25) is 0 Å². The lowest BCUT2D eigenvalue weighted by Crippen LogP contribution is -2.52. The molecule has 3 rings (SSSR count). The molecule has 1 heterocycles. The maximum atomic E-state index is 13.6. The van der Waals surface area contributed by atoms with E-state index in [1.807, 2.05) is 0 Å². The molecular formula is C22H35NOP+. The lowest BCUT2D eigenvalue weighted by molar-refractivity contribution is -0.120. The van der Waals surface area contributed by atoms with Crippen LogP contribution in [0, 0.1) is 20.8 Å². The van der Waals surface area contributed by atoms with Crippen molar-refractivity contribution in [3.05, 3.63) is 28.8 Å².